The van der Waals surface area contributed by atoms with Gasteiger partial charge < -0.3 is 0 Å². The zero-order valence-electron chi connectivity index (χ0n) is 8.39. The van der Waals surface area contributed by atoms with Crippen LogP contribution in [0.2, 0.25) is 0 Å². The second kappa shape index (κ2) is 3.30. The van der Waals surface area contributed by atoms with E-state index in [2.05, 4.69) is 45.9 Å². The van der Waals surface area contributed by atoms with Crippen LogP contribution in [0.25, 0.3) is 0 Å². The van der Waals surface area contributed by atoms with Crippen molar-refractivity contribution >= 4 is 0 Å². The highest BCUT2D eigenvalue weighted by atomic mass is 14.3. The fourth-order valence-corrected chi connectivity index (χ4v) is 1.15. The molecule has 0 spiro atoms. The first kappa shape index (κ1) is 9.31. The maximum atomic E-state index is 3.04. The van der Waals surface area contributed by atoms with E-state index in [1.807, 2.05) is 12.1 Å². The summed E-state index contributed by atoms with van der Waals surface area (Å²) in [6.45, 7) is 9.09. The molecule has 0 saturated heterocycles. The monoisotopic (exact) mass is 161 g/mol. The fraction of sp³-hybridized carbons (Fsp3) is 0.500. The molecule has 0 amide bonds. The Bertz CT molecular complexity index is 231. The lowest BCUT2D eigenvalue weighted by Crippen LogP contribution is -2.23. The lowest BCUT2D eigenvalue weighted by atomic mass is 9.75. The zero-order valence-corrected chi connectivity index (χ0v) is 8.39. The molecule has 0 heteroatoms. The van der Waals surface area contributed by atoms with Gasteiger partial charge in [0.25, 0.3) is 0 Å². The Balaban J connectivity index is 2.98. The van der Waals surface area contributed by atoms with Gasteiger partial charge in [0.15, 0.2) is 0 Å². The summed E-state index contributed by atoms with van der Waals surface area (Å²) in [6.07, 6.45) is 0. The minimum Gasteiger partial charge on any atom is -0.0619 e. The van der Waals surface area contributed by atoms with Gasteiger partial charge in [-0.2, -0.15) is 0 Å². The van der Waals surface area contributed by atoms with Crippen molar-refractivity contribution in [1.29, 1.82) is 0 Å². The molecule has 0 aromatic heterocycles. The molecular weight excluding hydrogens is 144 g/mol. The maximum Gasteiger partial charge on any atom is -0.00806 e. The molecule has 0 unspecified atom stereocenters. The first-order valence-corrected chi connectivity index (χ1v) is 4.51. The molecule has 1 aromatic carbocycles. The third-order valence-electron chi connectivity index (χ3n) is 2.91. The Kier molecular flexibility index (Phi) is 2.56. The van der Waals surface area contributed by atoms with Gasteiger partial charge in [0, 0.05) is 0 Å². The van der Waals surface area contributed by atoms with Crippen molar-refractivity contribution in [3.05, 3.63) is 35.9 Å². The molecule has 65 valence electrons. The predicted molar refractivity (Wildman–Crippen MR) is 53.1 cm³/mol. The van der Waals surface area contributed by atoms with Gasteiger partial charge in [-0.05, 0) is 23.0 Å². The van der Waals surface area contributed by atoms with Crippen molar-refractivity contribution in [2.75, 3.05) is 0 Å². The van der Waals surface area contributed by atoms with Gasteiger partial charge in [-0.25, -0.2) is 0 Å². The Morgan fingerprint density at radius 2 is 1.67 bits per heavy atom. The number of hydrogen-bond donors (Lipinski definition) is 0. The fourth-order valence-electron chi connectivity index (χ4n) is 1.15. The second-order valence-electron chi connectivity index (χ2n) is 4.17. The van der Waals surface area contributed by atoms with Gasteiger partial charge in [0.2, 0.25) is 0 Å². The van der Waals surface area contributed by atoms with Crippen molar-refractivity contribution in [1.82, 2.24) is 0 Å². The average molecular weight is 161 g/mol. The van der Waals surface area contributed by atoms with Crippen LogP contribution in [0, 0.1) is 12.0 Å². The molecule has 1 radical (unpaired) electrons. The largest absolute Gasteiger partial charge is 0.0619 e. The third-order valence-corrected chi connectivity index (χ3v) is 2.91. The summed E-state index contributed by atoms with van der Waals surface area (Å²) >= 11 is 0. The molecule has 1 aromatic rings. The van der Waals surface area contributed by atoms with Crippen molar-refractivity contribution in [2.45, 2.75) is 33.1 Å². The smallest absolute Gasteiger partial charge is 0.00806 e. The number of hydrogen-bond acceptors (Lipinski definition) is 0. The summed E-state index contributed by atoms with van der Waals surface area (Å²) in [5.41, 5.74) is 1.67. The summed E-state index contributed by atoms with van der Waals surface area (Å²) in [5, 5.41) is 0. The van der Waals surface area contributed by atoms with Crippen LogP contribution in [0.5, 0.6) is 0 Å². The standard InChI is InChI=1S/C12H17/c1-10(2)12(3,4)11-8-6-5-7-9-11/h6-10H,1-4H3. The van der Waals surface area contributed by atoms with Crippen molar-refractivity contribution in [3.8, 4) is 0 Å². The van der Waals surface area contributed by atoms with Crippen LogP contribution in [0.15, 0.2) is 24.3 Å². The maximum absolute atomic E-state index is 3.04. The topological polar surface area (TPSA) is 0 Å². The Labute approximate surface area is 75.6 Å². The van der Waals surface area contributed by atoms with E-state index in [-0.39, 0.29) is 5.41 Å². The molecule has 0 aliphatic heterocycles. The third kappa shape index (κ3) is 1.69. The lowest BCUT2D eigenvalue weighted by molar-refractivity contribution is 0.372. The minimum atomic E-state index is 0.273. The highest BCUT2D eigenvalue weighted by molar-refractivity contribution is 5.23. The van der Waals surface area contributed by atoms with Gasteiger partial charge in [0.05, 0.1) is 0 Å². The quantitative estimate of drug-likeness (QED) is 0.623. The van der Waals surface area contributed by atoms with E-state index < -0.39 is 0 Å². The van der Waals surface area contributed by atoms with Crippen molar-refractivity contribution < 1.29 is 0 Å². The minimum absolute atomic E-state index is 0.273. The SMILES string of the molecule is CC(C)C(C)(C)c1cc[c]cc1. The first-order valence-electron chi connectivity index (χ1n) is 4.51. The molecule has 0 atom stereocenters. The molecule has 1 rings (SSSR count). The zero-order chi connectivity index (χ0) is 9.19. The molecule has 0 heterocycles. The molecular formula is C12H17. The Morgan fingerprint density at radius 1 is 1.17 bits per heavy atom. The van der Waals surface area contributed by atoms with Crippen LogP contribution < -0.4 is 0 Å². The lowest BCUT2D eigenvalue weighted by Gasteiger charge is -2.29. The predicted octanol–water partition coefficient (Wildman–Crippen LogP) is 3.42. The van der Waals surface area contributed by atoms with Gasteiger partial charge in [-0.1, -0.05) is 52.0 Å². The summed E-state index contributed by atoms with van der Waals surface area (Å²) in [7, 11) is 0. The second-order valence-corrected chi connectivity index (χ2v) is 4.17. The van der Waals surface area contributed by atoms with Gasteiger partial charge in [-0.15, -0.1) is 0 Å². The highest BCUT2D eigenvalue weighted by Crippen LogP contribution is 2.30. The van der Waals surface area contributed by atoms with Crippen molar-refractivity contribution in [3.63, 3.8) is 0 Å². The van der Waals surface area contributed by atoms with Gasteiger partial charge in [-0.3, -0.25) is 0 Å². The Morgan fingerprint density at radius 3 is 2.08 bits per heavy atom. The molecule has 0 bridgehead atoms. The Hall–Kier alpha value is -0.780. The molecule has 0 fully saturated rings. The summed E-state index contributed by atoms with van der Waals surface area (Å²) in [4.78, 5) is 0. The summed E-state index contributed by atoms with van der Waals surface area (Å²) < 4.78 is 0. The molecule has 0 N–H and O–H groups in total. The van der Waals surface area contributed by atoms with E-state index in [1.165, 1.54) is 5.56 Å². The highest BCUT2D eigenvalue weighted by Gasteiger charge is 2.23. The first-order chi connectivity index (χ1) is 5.55. The van der Waals surface area contributed by atoms with E-state index in [9.17, 15) is 0 Å². The van der Waals surface area contributed by atoms with Crippen LogP contribution in [0.3, 0.4) is 0 Å². The van der Waals surface area contributed by atoms with E-state index in [0.29, 0.717) is 5.92 Å². The van der Waals surface area contributed by atoms with Crippen molar-refractivity contribution in [2.24, 2.45) is 5.92 Å². The van der Waals surface area contributed by atoms with Crippen LogP contribution in [0.4, 0.5) is 0 Å². The molecule has 12 heavy (non-hydrogen) atoms. The van der Waals surface area contributed by atoms with Crippen LogP contribution in [0.1, 0.15) is 33.3 Å². The number of benzene rings is 1. The summed E-state index contributed by atoms with van der Waals surface area (Å²) in [6, 6.07) is 11.3. The normalized spacial score (nSPS) is 12.1. The van der Waals surface area contributed by atoms with E-state index in [0.717, 1.165) is 0 Å². The van der Waals surface area contributed by atoms with E-state index >= 15 is 0 Å². The molecule has 0 saturated carbocycles. The average Bonchev–Trinajstić information content (AvgIpc) is 2.06. The molecule has 0 aliphatic carbocycles. The molecule has 0 nitrogen and oxygen atoms in total. The van der Waals surface area contributed by atoms with E-state index in [4.69, 9.17) is 0 Å². The summed E-state index contributed by atoms with van der Waals surface area (Å²) in [5.74, 6) is 0.667. The number of rotatable bonds is 2. The van der Waals surface area contributed by atoms with Crippen LogP contribution in [-0.2, 0) is 5.41 Å². The van der Waals surface area contributed by atoms with E-state index in [1.54, 1.807) is 0 Å². The van der Waals surface area contributed by atoms with Crippen LogP contribution in [-0.4, -0.2) is 0 Å². The van der Waals surface area contributed by atoms with Crippen LogP contribution >= 0.6 is 0 Å². The molecule has 0 aliphatic rings. The van der Waals surface area contributed by atoms with Gasteiger partial charge in [0.1, 0.15) is 0 Å². The van der Waals surface area contributed by atoms with Gasteiger partial charge >= 0.3 is 0 Å².